The van der Waals surface area contributed by atoms with E-state index < -0.39 is 18.1 Å². The Morgan fingerprint density at radius 2 is 1.82 bits per heavy atom. The fourth-order valence-electron chi connectivity index (χ4n) is 1.98. The van der Waals surface area contributed by atoms with Gasteiger partial charge in [0.2, 0.25) is 0 Å². The second-order valence-corrected chi connectivity index (χ2v) is 4.01. The summed E-state index contributed by atoms with van der Waals surface area (Å²) in [6.45, 7) is 0. The topological polar surface area (TPSA) is 81.7 Å². The zero-order valence-corrected chi connectivity index (χ0v) is 10.0. The largest absolute Gasteiger partial charge is 0.467 e. The van der Waals surface area contributed by atoms with E-state index in [4.69, 9.17) is 0 Å². The Bertz CT molecular complexity index is 305. The molecule has 0 unspecified atom stereocenters. The molecule has 17 heavy (non-hydrogen) atoms. The average molecular weight is 243 g/mol. The molecule has 1 rings (SSSR count). The highest BCUT2D eigenvalue weighted by atomic mass is 16.5. The summed E-state index contributed by atoms with van der Waals surface area (Å²) < 4.78 is 9.11. The maximum Gasteiger partial charge on any atom is 0.407 e. The summed E-state index contributed by atoms with van der Waals surface area (Å²) in [7, 11) is 2.50. The van der Waals surface area contributed by atoms with E-state index >= 15 is 0 Å². The van der Waals surface area contributed by atoms with Crippen molar-refractivity contribution in [2.45, 2.75) is 31.7 Å². The smallest absolute Gasteiger partial charge is 0.407 e. The van der Waals surface area contributed by atoms with E-state index in [-0.39, 0.29) is 11.7 Å². The fraction of sp³-hybridized carbons (Fsp3) is 0.727. The summed E-state index contributed by atoms with van der Waals surface area (Å²) in [4.78, 5) is 33.8. The molecule has 6 nitrogen and oxygen atoms in total. The van der Waals surface area contributed by atoms with E-state index in [0.717, 1.165) is 0 Å². The molecule has 0 aliphatic heterocycles. The summed E-state index contributed by atoms with van der Waals surface area (Å²) in [5.74, 6) is -0.378. The van der Waals surface area contributed by atoms with E-state index in [1.165, 1.54) is 14.2 Å². The van der Waals surface area contributed by atoms with Crippen LogP contribution in [0.3, 0.4) is 0 Å². The van der Waals surface area contributed by atoms with Crippen LogP contribution in [0.4, 0.5) is 4.79 Å². The van der Waals surface area contributed by atoms with Gasteiger partial charge in [0, 0.05) is 12.8 Å². The molecule has 0 aromatic heterocycles. The van der Waals surface area contributed by atoms with E-state index in [1.54, 1.807) is 0 Å². The number of Topliss-reactive ketones (excluding diaryl/α,β-unsaturated/α-hetero) is 1. The Morgan fingerprint density at radius 1 is 1.24 bits per heavy atom. The van der Waals surface area contributed by atoms with Crippen molar-refractivity contribution in [1.82, 2.24) is 5.32 Å². The Morgan fingerprint density at radius 3 is 2.29 bits per heavy atom. The first-order valence-corrected chi connectivity index (χ1v) is 5.52. The first-order chi connectivity index (χ1) is 8.08. The number of hydrogen-bond acceptors (Lipinski definition) is 5. The third-order valence-corrected chi connectivity index (χ3v) is 2.97. The number of methoxy groups -OCH3 is 2. The van der Waals surface area contributed by atoms with Crippen molar-refractivity contribution in [2.24, 2.45) is 5.92 Å². The third-order valence-electron chi connectivity index (χ3n) is 2.97. The van der Waals surface area contributed by atoms with Gasteiger partial charge in [-0.05, 0) is 18.8 Å². The van der Waals surface area contributed by atoms with Crippen LogP contribution in [-0.2, 0) is 19.1 Å². The second kappa shape index (κ2) is 6.22. The highest BCUT2D eigenvalue weighted by Gasteiger charge is 2.33. The van der Waals surface area contributed by atoms with Crippen LogP contribution in [-0.4, -0.2) is 38.1 Å². The number of alkyl carbamates (subject to hydrolysis) is 1. The molecule has 0 aromatic rings. The number of carbonyl (C=O) groups excluding carboxylic acids is 3. The molecule has 0 heterocycles. The Kier molecular flexibility index (Phi) is 4.93. The minimum atomic E-state index is -0.736. The number of amides is 1. The molecule has 6 heteroatoms. The van der Waals surface area contributed by atoms with Gasteiger partial charge in [0.1, 0.15) is 11.8 Å². The maximum atomic E-state index is 11.6. The highest BCUT2D eigenvalue weighted by Crippen LogP contribution is 2.25. The average Bonchev–Trinajstić information content (AvgIpc) is 2.36. The number of rotatable bonds is 3. The van der Waals surface area contributed by atoms with Gasteiger partial charge in [0.15, 0.2) is 0 Å². The van der Waals surface area contributed by atoms with Gasteiger partial charge in [-0.3, -0.25) is 4.79 Å². The van der Waals surface area contributed by atoms with Crippen LogP contribution in [0, 0.1) is 5.92 Å². The molecular weight excluding hydrogens is 226 g/mol. The van der Waals surface area contributed by atoms with E-state index in [0.29, 0.717) is 25.7 Å². The van der Waals surface area contributed by atoms with Gasteiger partial charge in [0.25, 0.3) is 0 Å². The first-order valence-electron chi connectivity index (χ1n) is 5.52. The second-order valence-electron chi connectivity index (χ2n) is 4.01. The Labute approximate surface area is 99.6 Å². The Hall–Kier alpha value is -1.59. The van der Waals surface area contributed by atoms with Crippen LogP contribution >= 0.6 is 0 Å². The SMILES string of the molecule is COC(=O)N[C@H](C(=O)OC)C1CCC(=O)CC1. The minimum Gasteiger partial charge on any atom is -0.467 e. The molecule has 1 saturated carbocycles. The molecule has 0 saturated heterocycles. The lowest BCUT2D eigenvalue weighted by Crippen LogP contribution is -2.47. The van der Waals surface area contributed by atoms with Gasteiger partial charge in [0.05, 0.1) is 14.2 Å². The van der Waals surface area contributed by atoms with E-state index in [2.05, 4.69) is 14.8 Å². The van der Waals surface area contributed by atoms with Gasteiger partial charge in [-0.15, -0.1) is 0 Å². The van der Waals surface area contributed by atoms with Gasteiger partial charge >= 0.3 is 12.1 Å². The van der Waals surface area contributed by atoms with Crippen LogP contribution in [0.1, 0.15) is 25.7 Å². The number of ketones is 1. The van der Waals surface area contributed by atoms with Gasteiger partial charge in [-0.1, -0.05) is 0 Å². The summed E-state index contributed by atoms with van der Waals surface area (Å²) >= 11 is 0. The van der Waals surface area contributed by atoms with Crippen molar-refractivity contribution in [3.05, 3.63) is 0 Å². The summed E-state index contributed by atoms with van der Waals surface area (Å²) in [6, 6.07) is -0.736. The van der Waals surface area contributed by atoms with Crippen molar-refractivity contribution in [3.8, 4) is 0 Å². The molecule has 1 aliphatic carbocycles. The quantitative estimate of drug-likeness (QED) is 0.736. The van der Waals surface area contributed by atoms with Crippen molar-refractivity contribution in [1.29, 1.82) is 0 Å². The fourth-order valence-corrected chi connectivity index (χ4v) is 1.98. The minimum absolute atomic E-state index is 0.0701. The molecule has 1 fully saturated rings. The van der Waals surface area contributed by atoms with Crippen LogP contribution < -0.4 is 5.32 Å². The predicted molar refractivity (Wildman–Crippen MR) is 58.3 cm³/mol. The lowest BCUT2D eigenvalue weighted by Gasteiger charge is -2.27. The standard InChI is InChI=1S/C11H17NO5/c1-16-10(14)9(12-11(15)17-2)7-3-5-8(13)6-4-7/h7,9H,3-6H2,1-2H3,(H,12,15)/t9-/m0/s1. The number of hydrogen-bond donors (Lipinski definition) is 1. The molecule has 1 aliphatic rings. The molecule has 1 atom stereocenters. The maximum absolute atomic E-state index is 11.6. The lowest BCUT2D eigenvalue weighted by molar-refractivity contribution is -0.145. The normalized spacial score (nSPS) is 18.4. The van der Waals surface area contributed by atoms with Gasteiger partial charge < -0.3 is 14.8 Å². The zero-order chi connectivity index (χ0) is 12.8. The highest BCUT2D eigenvalue weighted by molar-refractivity contribution is 5.83. The summed E-state index contributed by atoms with van der Waals surface area (Å²) in [5.41, 5.74) is 0. The van der Waals surface area contributed by atoms with Crippen molar-refractivity contribution in [2.75, 3.05) is 14.2 Å². The van der Waals surface area contributed by atoms with Gasteiger partial charge in [-0.25, -0.2) is 9.59 Å². The van der Waals surface area contributed by atoms with Crippen molar-refractivity contribution < 1.29 is 23.9 Å². The zero-order valence-electron chi connectivity index (χ0n) is 10.0. The number of esters is 1. The lowest BCUT2D eigenvalue weighted by atomic mass is 9.83. The molecule has 0 bridgehead atoms. The third kappa shape index (κ3) is 3.72. The van der Waals surface area contributed by atoms with Crippen LogP contribution in [0.2, 0.25) is 0 Å². The Balaban J connectivity index is 2.65. The number of carbonyl (C=O) groups is 3. The van der Waals surface area contributed by atoms with E-state index in [1.807, 2.05) is 0 Å². The van der Waals surface area contributed by atoms with Crippen molar-refractivity contribution >= 4 is 17.8 Å². The van der Waals surface area contributed by atoms with Crippen LogP contribution in [0.15, 0.2) is 0 Å². The summed E-state index contributed by atoms with van der Waals surface area (Å²) in [5, 5.41) is 2.45. The number of ether oxygens (including phenoxy) is 2. The van der Waals surface area contributed by atoms with Crippen LogP contribution in [0.5, 0.6) is 0 Å². The van der Waals surface area contributed by atoms with Crippen LogP contribution in [0.25, 0.3) is 0 Å². The molecule has 1 amide bonds. The van der Waals surface area contributed by atoms with Gasteiger partial charge in [-0.2, -0.15) is 0 Å². The van der Waals surface area contributed by atoms with E-state index in [9.17, 15) is 14.4 Å². The molecule has 96 valence electrons. The van der Waals surface area contributed by atoms with Crippen molar-refractivity contribution in [3.63, 3.8) is 0 Å². The summed E-state index contributed by atoms with van der Waals surface area (Å²) in [6.07, 6.45) is 1.39. The molecular formula is C11H17NO5. The molecule has 0 radical (unpaired) electrons. The predicted octanol–water partition coefficient (Wildman–Crippen LogP) is 0.643. The first kappa shape index (κ1) is 13.5. The monoisotopic (exact) mass is 243 g/mol. The molecule has 1 N–H and O–H groups in total. The molecule has 0 spiro atoms. The molecule has 0 aromatic carbocycles. The number of nitrogens with one attached hydrogen (secondary N) is 1.